The zero-order chi connectivity index (χ0) is 9.28. The molecule has 11 heavy (non-hydrogen) atoms. The van der Waals surface area contributed by atoms with E-state index in [2.05, 4.69) is 17.0 Å². The van der Waals surface area contributed by atoms with Crippen molar-refractivity contribution in [2.75, 3.05) is 0 Å². The van der Waals surface area contributed by atoms with Gasteiger partial charge in [0.25, 0.3) is 0 Å². The number of allylic oxidation sites excluding steroid dienone is 1. The highest BCUT2D eigenvalue weighted by atomic mass is 15.2. The van der Waals surface area contributed by atoms with E-state index in [1.807, 2.05) is 20.8 Å². The Labute approximate surface area is 69.4 Å². The number of nitrogens with two attached hydrogens (primary N) is 1. The van der Waals surface area contributed by atoms with E-state index < -0.39 is 0 Å². The van der Waals surface area contributed by atoms with E-state index in [1.165, 1.54) is 0 Å². The van der Waals surface area contributed by atoms with Gasteiger partial charge in [0, 0.05) is 5.70 Å². The van der Waals surface area contributed by atoms with Gasteiger partial charge in [0.1, 0.15) is 5.84 Å². The molecule has 0 aromatic rings. The van der Waals surface area contributed by atoms with Crippen LogP contribution in [0.5, 0.6) is 0 Å². The minimum Gasteiger partial charge on any atom is -0.312 e. The zero-order valence-corrected chi connectivity index (χ0v) is 7.94. The summed E-state index contributed by atoms with van der Waals surface area (Å²) in [5.74, 6) is 5.75. The van der Waals surface area contributed by atoms with E-state index in [-0.39, 0.29) is 0 Å². The maximum Gasteiger partial charge on any atom is 0.113 e. The number of hydrazine groups is 1. The molecular weight excluding hydrogens is 138 g/mol. The summed E-state index contributed by atoms with van der Waals surface area (Å²) in [6.45, 7) is 11.5. The summed E-state index contributed by atoms with van der Waals surface area (Å²) < 4.78 is 0. The lowest BCUT2D eigenvalue weighted by Crippen LogP contribution is -2.27. The lowest BCUT2D eigenvalue weighted by molar-refractivity contribution is 0.988. The van der Waals surface area contributed by atoms with Gasteiger partial charge in [-0.25, -0.2) is 10.8 Å². The Morgan fingerprint density at radius 3 is 2.27 bits per heavy atom. The second-order valence-electron chi connectivity index (χ2n) is 1.76. The first-order valence-electron chi connectivity index (χ1n) is 3.90. The van der Waals surface area contributed by atoms with E-state index in [4.69, 9.17) is 5.84 Å². The van der Waals surface area contributed by atoms with Crippen LogP contribution >= 0.6 is 0 Å². The fourth-order valence-electron chi connectivity index (χ4n) is 0.349. The molecule has 3 nitrogen and oxygen atoms in total. The molecule has 0 radical (unpaired) electrons. The first-order valence-corrected chi connectivity index (χ1v) is 3.90. The van der Waals surface area contributed by atoms with Crippen LogP contribution in [0, 0.1) is 0 Å². The summed E-state index contributed by atoms with van der Waals surface area (Å²) in [6.07, 6.45) is 0.860. The van der Waals surface area contributed by atoms with Gasteiger partial charge in [-0.2, -0.15) is 0 Å². The second-order valence-corrected chi connectivity index (χ2v) is 1.76. The lowest BCUT2D eigenvalue weighted by Gasteiger charge is -1.97. The highest BCUT2D eigenvalue weighted by molar-refractivity contribution is 5.79. The molecule has 0 spiro atoms. The van der Waals surface area contributed by atoms with E-state index in [1.54, 1.807) is 6.92 Å². The molecule has 0 heterocycles. The number of hydrogen-bond donors (Lipinski definition) is 2. The zero-order valence-electron chi connectivity index (χ0n) is 7.94. The van der Waals surface area contributed by atoms with Crippen LogP contribution < -0.4 is 11.3 Å². The fourth-order valence-corrected chi connectivity index (χ4v) is 0.349. The normalized spacial score (nSPS) is 9.73. The third-order valence-corrected chi connectivity index (χ3v) is 0.943. The van der Waals surface area contributed by atoms with Gasteiger partial charge in [-0.3, -0.25) is 0 Å². The molecule has 0 bridgehead atoms. The number of aliphatic imine (C=N–C) groups is 1. The molecule has 0 amide bonds. The van der Waals surface area contributed by atoms with Gasteiger partial charge >= 0.3 is 0 Å². The van der Waals surface area contributed by atoms with Gasteiger partial charge in [0.05, 0.1) is 0 Å². The van der Waals surface area contributed by atoms with Crippen molar-refractivity contribution >= 4 is 5.84 Å². The molecule has 0 aromatic carbocycles. The van der Waals surface area contributed by atoms with Crippen molar-refractivity contribution in [3.05, 3.63) is 12.3 Å². The van der Waals surface area contributed by atoms with Crippen molar-refractivity contribution in [2.24, 2.45) is 10.8 Å². The largest absolute Gasteiger partial charge is 0.312 e. The summed E-state index contributed by atoms with van der Waals surface area (Å²) in [5.41, 5.74) is 3.26. The molecular formula is C8H19N3. The van der Waals surface area contributed by atoms with Crippen molar-refractivity contribution in [1.29, 1.82) is 0 Å². The molecule has 0 aliphatic heterocycles. The molecule has 0 saturated carbocycles. The van der Waals surface area contributed by atoms with Crippen molar-refractivity contribution < 1.29 is 0 Å². The topological polar surface area (TPSA) is 50.4 Å². The fraction of sp³-hybridized carbons (Fsp3) is 0.625. The summed E-state index contributed by atoms with van der Waals surface area (Å²) in [7, 11) is 0. The van der Waals surface area contributed by atoms with Gasteiger partial charge in [0.2, 0.25) is 0 Å². The third-order valence-electron chi connectivity index (χ3n) is 0.943. The summed E-state index contributed by atoms with van der Waals surface area (Å²) in [4.78, 5) is 4.00. The Kier molecular flexibility index (Phi) is 10.7. The highest BCUT2D eigenvalue weighted by Gasteiger charge is 1.85. The molecule has 0 unspecified atom stereocenters. The summed E-state index contributed by atoms with van der Waals surface area (Å²) >= 11 is 0. The lowest BCUT2D eigenvalue weighted by atomic mass is 10.4. The Bertz CT molecular complexity index is 127. The van der Waals surface area contributed by atoms with Crippen molar-refractivity contribution in [1.82, 2.24) is 5.43 Å². The van der Waals surface area contributed by atoms with E-state index in [0.29, 0.717) is 5.84 Å². The average Bonchev–Trinajstić information content (AvgIpc) is 2.07. The average molecular weight is 157 g/mol. The number of nitrogens with one attached hydrogen (secondary N) is 1. The molecule has 0 aliphatic rings. The summed E-state index contributed by atoms with van der Waals surface area (Å²) in [5, 5.41) is 0. The van der Waals surface area contributed by atoms with Crippen LogP contribution in [-0.2, 0) is 0 Å². The smallest absolute Gasteiger partial charge is 0.113 e. The van der Waals surface area contributed by atoms with Crippen LogP contribution in [0.3, 0.4) is 0 Å². The van der Waals surface area contributed by atoms with E-state index >= 15 is 0 Å². The van der Waals surface area contributed by atoms with Gasteiger partial charge in [-0.15, -0.1) is 0 Å². The predicted octanol–water partition coefficient (Wildman–Crippen LogP) is 1.82. The van der Waals surface area contributed by atoms with E-state index in [0.717, 1.165) is 12.1 Å². The van der Waals surface area contributed by atoms with Crippen molar-refractivity contribution in [3.8, 4) is 0 Å². The number of hydrogen-bond acceptors (Lipinski definition) is 2. The minimum absolute atomic E-state index is 0.696. The van der Waals surface area contributed by atoms with Crippen LogP contribution in [0.2, 0.25) is 0 Å². The Morgan fingerprint density at radius 2 is 2.00 bits per heavy atom. The van der Waals surface area contributed by atoms with Crippen LogP contribution in [0.4, 0.5) is 0 Å². The first kappa shape index (κ1) is 12.8. The molecule has 0 saturated heterocycles. The molecule has 0 atom stereocenters. The maximum atomic E-state index is 5.05. The molecule has 0 fully saturated rings. The van der Waals surface area contributed by atoms with Gasteiger partial charge in [-0.1, -0.05) is 27.4 Å². The summed E-state index contributed by atoms with van der Waals surface area (Å²) in [6, 6.07) is 0. The minimum atomic E-state index is 0.696. The number of amidine groups is 1. The molecule has 0 aliphatic carbocycles. The predicted molar refractivity (Wildman–Crippen MR) is 51.2 cm³/mol. The van der Waals surface area contributed by atoms with Crippen LogP contribution in [0.15, 0.2) is 17.3 Å². The maximum absolute atomic E-state index is 5.05. The van der Waals surface area contributed by atoms with Crippen molar-refractivity contribution in [2.45, 2.75) is 34.1 Å². The molecule has 0 rings (SSSR count). The van der Waals surface area contributed by atoms with Gasteiger partial charge in [-0.05, 0) is 13.3 Å². The van der Waals surface area contributed by atoms with E-state index in [9.17, 15) is 0 Å². The molecule has 3 heteroatoms. The molecule has 0 aromatic heterocycles. The molecule has 66 valence electrons. The van der Waals surface area contributed by atoms with Gasteiger partial charge in [0.15, 0.2) is 0 Å². The number of nitrogens with zero attached hydrogens (tertiary/aromatic N) is 1. The van der Waals surface area contributed by atoms with Crippen molar-refractivity contribution in [3.63, 3.8) is 0 Å². The Morgan fingerprint density at radius 1 is 1.55 bits per heavy atom. The third kappa shape index (κ3) is 9.17. The van der Waals surface area contributed by atoms with Crippen LogP contribution in [-0.4, -0.2) is 5.84 Å². The standard InChI is InChI=1S/C6H13N3.C2H6/c1-4-5(2)8-6(3)9-7;1-2/h2,4,7H2,1,3H3,(H,8,9);1-2H3. The SMILES string of the molecule is C=C(CC)N=C(C)NN.CC. The highest BCUT2D eigenvalue weighted by Crippen LogP contribution is 1.96. The van der Waals surface area contributed by atoms with Gasteiger partial charge < -0.3 is 5.43 Å². The quantitative estimate of drug-likeness (QED) is 0.278. The molecule has 3 N–H and O–H groups in total. The van der Waals surface area contributed by atoms with Crippen LogP contribution in [0.25, 0.3) is 0 Å². The Balaban J connectivity index is 0. The monoisotopic (exact) mass is 157 g/mol. The first-order chi connectivity index (χ1) is 5.20. The van der Waals surface area contributed by atoms with Crippen LogP contribution in [0.1, 0.15) is 34.1 Å². The number of rotatable bonds is 2. The Hall–Kier alpha value is -0.830. The second kappa shape index (κ2) is 9.17.